The van der Waals surface area contributed by atoms with Gasteiger partial charge in [-0.1, -0.05) is 29.8 Å². The summed E-state index contributed by atoms with van der Waals surface area (Å²) in [6, 6.07) is 7.51. The number of carboxylic acids is 1. The molecule has 0 saturated heterocycles. The van der Waals surface area contributed by atoms with Crippen molar-refractivity contribution in [2.45, 2.75) is 13.3 Å². The van der Waals surface area contributed by atoms with Crippen LogP contribution in [0.3, 0.4) is 0 Å². The quantitative estimate of drug-likeness (QED) is 0.745. The van der Waals surface area contributed by atoms with E-state index in [-0.39, 0.29) is 17.5 Å². The first-order valence-corrected chi connectivity index (χ1v) is 5.16. The van der Waals surface area contributed by atoms with Gasteiger partial charge in [0.2, 0.25) is 0 Å². The summed E-state index contributed by atoms with van der Waals surface area (Å²) >= 11 is 0. The second kappa shape index (κ2) is 4.29. The van der Waals surface area contributed by atoms with Gasteiger partial charge in [0.15, 0.2) is 0 Å². The molecule has 5 heteroatoms. The molecule has 0 fully saturated rings. The maximum absolute atomic E-state index is 11.5. The third-order valence-electron chi connectivity index (χ3n) is 2.55. The molecule has 0 saturated carbocycles. The van der Waals surface area contributed by atoms with Gasteiger partial charge in [0.1, 0.15) is 0 Å². The molecule has 1 aromatic heterocycles. The fraction of sp³-hybridized carbons (Fsp3) is 0.167. The van der Waals surface area contributed by atoms with Crippen molar-refractivity contribution in [1.82, 2.24) is 10.2 Å². The number of carbonyl (C=O) groups is 1. The zero-order valence-corrected chi connectivity index (χ0v) is 9.28. The number of rotatable bonds is 3. The monoisotopic (exact) mass is 232 g/mol. The van der Waals surface area contributed by atoms with E-state index in [1.165, 1.54) is 0 Å². The van der Waals surface area contributed by atoms with E-state index in [4.69, 9.17) is 5.11 Å². The van der Waals surface area contributed by atoms with Crippen molar-refractivity contribution in [1.29, 1.82) is 0 Å². The van der Waals surface area contributed by atoms with Crippen LogP contribution in [0.15, 0.2) is 29.1 Å². The van der Waals surface area contributed by atoms with Crippen LogP contribution in [0.2, 0.25) is 0 Å². The standard InChI is InChI=1S/C12H12N2O3/c1-7-2-4-8(5-3-7)11-9(6-10(15)16)12(17)14-13-11/h2-5H,6H2,1H3,(H,15,16)(H2,13,14,17). The first-order valence-electron chi connectivity index (χ1n) is 5.16. The van der Waals surface area contributed by atoms with Gasteiger partial charge in [-0.3, -0.25) is 19.8 Å². The zero-order valence-electron chi connectivity index (χ0n) is 9.28. The van der Waals surface area contributed by atoms with E-state index >= 15 is 0 Å². The molecule has 0 radical (unpaired) electrons. The lowest BCUT2D eigenvalue weighted by atomic mass is 10.0. The number of aryl methyl sites for hydroxylation is 1. The van der Waals surface area contributed by atoms with Crippen molar-refractivity contribution in [2.75, 3.05) is 0 Å². The lowest BCUT2D eigenvalue weighted by molar-refractivity contribution is -0.136. The van der Waals surface area contributed by atoms with E-state index in [1.54, 1.807) is 0 Å². The van der Waals surface area contributed by atoms with Crippen LogP contribution < -0.4 is 5.56 Å². The number of benzene rings is 1. The highest BCUT2D eigenvalue weighted by Crippen LogP contribution is 2.19. The molecule has 0 spiro atoms. The average molecular weight is 232 g/mol. The fourth-order valence-electron chi connectivity index (χ4n) is 1.67. The second-order valence-electron chi connectivity index (χ2n) is 3.87. The summed E-state index contributed by atoms with van der Waals surface area (Å²) in [5.41, 5.74) is 2.30. The number of hydrogen-bond donors (Lipinski definition) is 3. The highest BCUT2D eigenvalue weighted by atomic mass is 16.4. The maximum Gasteiger partial charge on any atom is 0.308 e. The minimum Gasteiger partial charge on any atom is -0.481 e. The van der Waals surface area contributed by atoms with Crippen LogP contribution in [-0.2, 0) is 11.2 Å². The molecule has 2 aromatic rings. The Balaban J connectivity index is 2.48. The molecular weight excluding hydrogens is 220 g/mol. The molecule has 3 N–H and O–H groups in total. The molecule has 0 aliphatic carbocycles. The van der Waals surface area contributed by atoms with E-state index in [9.17, 15) is 9.59 Å². The number of carboxylic acid groups (broad SMARTS) is 1. The Hall–Kier alpha value is -2.30. The summed E-state index contributed by atoms with van der Waals surface area (Å²) in [6.07, 6.45) is -0.290. The van der Waals surface area contributed by atoms with Crippen molar-refractivity contribution in [2.24, 2.45) is 0 Å². The van der Waals surface area contributed by atoms with Gasteiger partial charge in [0.25, 0.3) is 5.56 Å². The first kappa shape index (κ1) is 11.2. The van der Waals surface area contributed by atoms with Crippen LogP contribution in [0.25, 0.3) is 11.3 Å². The van der Waals surface area contributed by atoms with Crippen molar-refractivity contribution in [3.63, 3.8) is 0 Å². The molecule has 1 heterocycles. The number of hydrogen-bond acceptors (Lipinski definition) is 2. The predicted octanol–water partition coefficient (Wildman–Crippen LogP) is 1.31. The van der Waals surface area contributed by atoms with Gasteiger partial charge >= 0.3 is 5.97 Å². The normalized spacial score (nSPS) is 10.4. The minimum absolute atomic E-state index is 0.251. The van der Waals surface area contributed by atoms with Crippen LogP contribution in [0.1, 0.15) is 11.1 Å². The Morgan fingerprint density at radius 2 is 1.88 bits per heavy atom. The molecule has 5 nitrogen and oxygen atoms in total. The largest absolute Gasteiger partial charge is 0.481 e. The molecule has 2 rings (SSSR count). The number of aliphatic carboxylic acids is 1. The highest BCUT2D eigenvalue weighted by Gasteiger charge is 2.14. The maximum atomic E-state index is 11.5. The van der Waals surface area contributed by atoms with Crippen molar-refractivity contribution < 1.29 is 9.90 Å². The lowest BCUT2D eigenvalue weighted by Gasteiger charge is -2.01. The fourth-order valence-corrected chi connectivity index (χ4v) is 1.67. The first-order chi connectivity index (χ1) is 8.08. The van der Waals surface area contributed by atoms with E-state index in [1.807, 2.05) is 31.2 Å². The molecule has 0 aliphatic rings. The Labute approximate surface area is 97.1 Å². The van der Waals surface area contributed by atoms with Gasteiger partial charge in [0, 0.05) is 0 Å². The third-order valence-corrected chi connectivity index (χ3v) is 2.55. The van der Waals surface area contributed by atoms with E-state index in [2.05, 4.69) is 10.2 Å². The molecule has 0 unspecified atom stereocenters. The van der Waals surface area contributed by atoms with Crippen molar-refractivity contribution >= 4 is 5.97 Å². The van der Waals surface area contributed by atoms with E-state index < -0.39 is 5.97 Å². The van der Waals surface area contributed by atoms with Crippen LogP contribution in [0.4, 0.5) is 0 Å². The van der Waals surface area contributed by atoms with Gasteiger partial charge in [0.05, 0.1) is 17.7 Å². The summed E-state index contributed by atoms with van der Waals surface area (Å²) in [7, 11) is 0. The molecule has 0 aliphatic heterocycles. The molecule has 0 amide bonds. The summed E-state index contributed by atoms with van der Waals surface area (Å²) in [4.78, 5) is 22.2. The van der Waals surface area contributed by atoms with Gasteiger partial charge in [-0.05, 0) is 12.5 Å². The molecule has 0 bridgehead atoms. The summed E-state index contributed by atoms with van der Waals surface area (Å²) in [6.45, 7) is 1.96. The lowest BCUT2D eigenvalue weighted by Crippen LogP contribution is -2.11. The Morgan fingerprint density at radius 3 is 2.47 bits per heavy atom. The van der Waals surface area contributed by atoms with Crippen LogP contribution >= 0.6 is 0 Å². The van der Waals surface area contributed by atoms with E-state index in [0.717, 1.165) is 11.1 Å². The van der Waals surface area contributed by atoms with Gasteiger partial charge in [-0.2, -0.15) is 0 Å². The smallest absolute Gasteiger partial charge is 0.308 e. The number of nitrogens with one attached hydrogen (secondary N) is 2. The number of aromatic nitrogens is 2. The Kier molecular flexibility index (Phi) is 2.82. The number of H-pyrrole nitrogens is 2. The molecule has 17 heavy (non-hydrogen) atoms. The van der Waals surface area contributed by atoms with Crippen molar-refractivity contribution in [3.05, 3.63) is 45.7 Å². The number of aromatic amines is 2. The van der Waals surface area contributed by atoms with Crippen LogP contribution in [0.5, 0.6) is 0 Å². The van der Waals surface area contributed by atoms with Crippen molar-refractivity contribution in [3.8, 4) is 11.3 Å². The molecule has 88 valence electrons. The van der Waals surface area contributed by atoms with Gasteiger partial charge < -0.3 is 5.11 Å². The van der Waals surface area contributed by atoms with Crippen LogP contribution in [0, 0.1) is 6.92 Å². The van der Waals surface area contributed by atoms with Crippen LogP contribution in [-0.4, -0.2) is 21.3 Å². The summed E-state index contributed by atoms with van der Waals surface area (Å²) in [5.74, 6) is -1.02. The second-order valence-corrected chi connectivity index (χ2v) is 3.87. The summed E-state index contributed by atoms with van der Waals surface area (Å²) in [5, 5.41) is 13.9. The molecule has 1 aromatic carbocycles. The molecule has 0 atom stereocenters. The Bertz CT molecular complexity index is 593. The Morgan fingerprint density at radius 1 is 1.24 bits per heavy atom. The highest BCUT2D eigenvalue weighted by molar-refractivity contribution is 5.74. The van der Waals surface area contributed by atoms with E-state index in [0.29, 0.717) is 5.69 Å². The third kappa shape index (κ3) is 2.28. The summed E-state index contributed by atoms with van der Waals surface area (Å²) < 4.78 is 0. The minimum atomic E-state index is -1.02. The topological polar surface area (TPSA) is 86.0 Å². The SMILES string of the molecule is Cc1ccc(-c2[nH][nH]c(=O)c2CC(=O)O)cc1. The van der Waals surface area contributed by atoms with Gasteiger partial charge in [-0.25, -0.2) is 0 Å². The predicted molar refractivity (Wildman–Crippen MR) is 62.9 cm³/mol. The average Bonchev–Trinajstić information content (AvgIpc) is 2.61. The zero-order chi connectivity index (χ0) is 12.4. The van der Waals surface area contributed by atoms with Gasteiger partial charge in [-0.15, -0.1) is 0 Å². The molecular formula is C12H12N2O3.